The van der Waals surface area contributed by atoms with Crippen molar-refractivity contribution in [2.24, 2.45) is 0 Å². The summed E-state index contributed by atoms with van der Waals surface area (Å²) in [6.07, 6.45) is 5.54. The molecule has 1 aliphatic carbocycles. The topological polar surface area (TPSA) is 49.4 Å². The van der Waals surface area contributed by atoms with Crippen molar-refractivity contribution < 1.29 is 14.6 Å². The summed E-state index contributed by atoms with van der Waals surface area (Å²) in [5.74, 6) is -0.363. The van der Waals surface area contributed by atoms with Gasteiger partial charge in [-0.25, -0.2) is 0 Å². The number of benzene rings is 1. The number of carboxylic acids is 1. The van der Waals surface area contributed by atoms with Crippen LogP contribution in [0, 0.1) is 0 Å². The highest BCUT2D eigenvalue weighted by molar-refractivity contribution is 7.19. The molecular weight excluding hydrogens is 367 g/mol. The van der Waals surface area contributed by atoms with E-state index in [0.29, 0.717) is 23.1 Å². The van der Waals surface area contributed by atoms with Gasteiger partial charge in [-0.05, 0) is 42.7 Å². The number of carbonyl (C=O) groups is 1. The van der Waals surface area contributed by atoms with E-state index in [9.17, 15) is 9.90 Å². The Bertz CT molecular complexity index is 750. The lowest BCUT2D eigenvalue weighted by Gasteiger charge is -2.19. The number of carboxylic acid groups (broad SMARTS) is 1. The third-order valence-corrected chi connectivity index (χ3v) is 6.88. The lowest BCUT2D eigenvalue weighted by molar-refractivity contribution is -0.313. The van der Waals surface area contributed by atoms with E-state index in [4.69, 9.17) is 27.9 Å². The number of hydrogen-bond acceptors (Lipinski definition) is 4. The van der Waals surface area contributed by atoms with E-state index in [1.54, 1.807) is 24.3 Å². The second-order valence-corrected chi connectivity index (χ2v) is 8.08. The minimum Gasteiger partial charge on any atom is -0.546 e. The lowest BCUT2D eigenvalue weighted by Crippen LogP contribution is -2.39. The maximum absolute atomic E-state index is 11.1. The van der Waals surface area contributed by atoms with Crippen LogP contribution in [0.15, 0.2) is 12.1 Å². The van der Waals surface area contributed by atoms with Crippen LogP contribution < -0.4 is 9.84 Å². The van der Waals surface area contributed by atoms with Gasteiger partial charge in [0.25, 0.3) is 0 Å². The van der Waals surface area contributed by atoms with Crippen LogP contribution in [0.2, 0.25) is 10.0 Å². The number of carbonyl (C=O) groups excluding carboxylic acids is 1. The molecule has 1 atom stereocenters. The van der Waals surface area contributed by atoms with Crippen molar-refractivity contribution in [1.82, 2.24) is 0 Å². The van der Waals surface area contributed by atoms with E-state index in [1.807, 2.05) is 0 Å². The average Bonchev–Trinajstić information content (AvgIpc) is 3.01. The van der Waals surface area contributed by atoms with Gasteiger partial charge >= 0.3 is 0 Å². The molecule has 0 aliphatic heterocycles. The Labute approximate surface area is 155 Å². The Kier molecular flexibility index (Phi) is 5.58. The van der Waals surface area contributed by atoms with Gasteiger partial charge in [0.2, 0.25) is 0 Å². The van der Waals surface area contributed by atoms with Gasteiger partial charge < -0.3 is 14.6 Å². The van der Waals surface area contributed by atoms with Crippen LogP contribution in [0.5, 0.6) is 5.75 Å². The summed E-state index contributed by atoms with van der Waals surface area (Å²) in [6, 6.07) is 3.93. The zero-order chi connectivity index (χ0) is 17.3. The third kappa shape index (κ3) is 3.51. The first-order valence-electron chi connectivity index (χ1n) is 8.30. The summed E-state index contributed by atoms with van der Waals surface area (Å²) in [7, 11) is 0. The van der Waals surface area contributed by atoms with Crippen LogP contribution in [0.25, 0.3) is 10.1 Å². The zero-order valence-electron chi connectivity index (χ0n) is 13.4. The van der Waals surface area contributed by atoms with Gasteiger partial charge in [-0.1, -0.05) is 49.4 Å². The summed E-state index contributed by atoms with van der Waals surface area (Å²) in [4.78, 5) is 12.4. The Morgan fingerprint density at radius 3 is 2.62 bits per heavy atom. The van der Waals surface area contributed by atoms with Gasteiger partial charge in [0, 0.05) is 4.88 Å². The smallest absolute Gasteiger partial charge is 0.141 e. The largest absolute Gasteiger partial charge is 0.546 e. The van der Waals surface area contributed by atoms with E-state index in [-0.39, 0.29) is 5.02 Å². The van der Waals surface area contributed by atoms with E-state index in [1.165, 1.54) is 37.0 Å². The number of halogens is 2. The molecule has 0 bridgehead atoms. The first-order valence-corrected chi connectivity index (χ1v) is 9.87. The molecule has 0 amide bonds. The predicted octanol–water partition coefficient (Wildman–Crippen LogP) is 5.16. The number of hydrogen-bond donors (Lipinski definition) is 0. The van der Waals surface area contributed by atoms with Crippen LogP contribution in [-0.2, 0) is 4.79 Å². The fourth-order valence-electron chi connectivity index (χ4n) is 3.24. The number of fused-ring (bicyclic) bond motifs is 1. The lowest BCUT2D eigenvalue weighted by atomic mass is 9.88. The van der Waals surface area contributed by atoms with Crippen molar-refractivity contribution in [2.75, 3.05) is 0 Å². The van der Waals surface area contributed by atoms with E-state index < -0.39 is 12.1 Å². The zero-order valence-corrected chi connectivity index (χ0v) is 15.8. The second-order valence-electron chi connectivity index (χ2n) is 6.24. The molecule has 1 aromatic carbocycles. The third-order valence-electron chi connectivity index (χ3n) is 4.59. The van der Waals surface area contributed by atoms with Gasteiger partial charge in [-0.2, -0.15) is 0 Å². The summed E-state index contributed by atoms with van der Waals surface area (Å²) in [6.45, 7) is 1.72. The molecule has 1 heterocycles. The van der Waals surface area contributed by atoms with Crippen molar-refractivity contribution in [1.29, 1.82) is 0 Å². The molecule has 3 rings (SSSR count). The van der Waals surface area contributed by atoms with Gasteiger partial charge in [-0.3, -0.25) is 0 Å². The van der Waals surface area contributed by atoms with E-state index >= 15 is 0 Å². The van der Waals surface area contributed by atoms with Crippen molar-refractivity contribution >= 4 is 50.6 Å². The SMILES string of the molecule is CCC(Oc1cc2cc(C3CCCCC3)sc2c(Cl)c1Cl)C(=O)[O-]. The highest BCUT2D eigenvalue weighted by Crippen LogP contribution is 2.46. The minimum atomic E-state index is -1.25. The van der Waals surface area contributed by atoms with Gasteiger partial charge in [0.1, 0.15) is 16.9 Å². The normalized spacial score (nSPS) is 17.1. The summed E-state index contributed by atoms with van der Waals surface area (Å²) >= 11 is 14.4. The van der Waals surface area contributed by atoms with Gasteiger partial charge in [-0.15, -0.1) is 11.3 Å². The summed E-state index contributed by atoms with van der Waals surface area (Å²) < 4.78 is 6.47. The highest BCUT2D eigenvalue weighted by atomic mass is 35.5. The van der Waals surface area contributed by atoms with Crippen molar-refractivity contribution in [3.8, 4) is 5.75 Å². The minimum absolute atomic E-state index is 0.265. The molecule has 0 radical (unpaired) electrons. The van der Waals surface area contributed by atoms with E-state index in [0.717, 1.165) is 10.1 Å². The Morgan fingerprint density at radius 2 is 2.00 bits per heavy atom. The van der Waals surface area contributed by atoms with E-state index in [2.05, 4.69) is 6.07 Å². The highest BCUT2D eigenvalue weighted by Gasteiger charge is 2.21. The fraction of sp³-hybridized carbons (Fsp3) is 0.500. The maximum Gasteiger partial charge on any atom is 0.141 e. The van der Waals surface area contributed by atoms with Gasteiger partial charge in [0.15, 0.2) is 0 Å². The molecule has 0 N–H and O–H groups in total. The fourth-order valence-corrected chi connectivity index (χ4v) is 5.06. The number of thiophene rings is 1. The molecule has 1 saturated carbocycles. The second kappa shape index (κ2) is 7.51. The Hall–Kier alpha value is -0.970. The van der Waals surface area contributed by atoms with Crippen LogP contribution in [0.4, 0.5) is 0 Å². The monoisotopic (exact) mass is 385 g/mol. The van der Waals surface area contributed by atoms with Crippen LogP contribution >= 0.6 is 34.5 Å². The van der Waals surface area contributed by atoms with Crippen molar-refractivity contribution in [2.45, 2.75) is 57.5 Å². The standard InChI is InChI=1S/C18H20Cl2O3S/c1-2-12(18(21)22)23-13-8-11-9-14(10-6-4-3-5-7-10)24-17(11)16(20)15(13)19/h8-10,12H,2-7H2,1H3,(H,21,22)/p-1. The number of ether oxygens (including phenoxy) is 1. The number of aliphatic carboxylic acids is 1. The summed E-state index contributed by atoms with van der Waals surface area (Å²) in [5, 5.41) is 12.8. The van der Waals surface area contributed by atoms with Crippen LogP contribution in [0.3, 0.4) is 0 Å². The molecule has 0 saturated heterocycles. The predicted molar refractivity (Wildman–Crippen MR) is 97.4 cm³/mol. The molecule has 130 valence electrons. The molecular formula is C18H19Cl2O3S-. The first kappa shape index (κ1) is 17.8. The Morgan fingerprint density at radius 1 is 1.29 bits per heavy atom. The molecule has 1 fully saturated rings. The quantitative estimate of drug-likeness (QED) is 0.713. The number of rotatable bonds is 5. The molecule has 1 aromatic heterocycles. The Balaban J connectivity index is 1.97. The van der Waals surface area contributed by atoms with Crippen molar-refractivity contribution in [3.63, 3.8) is 0 Å². The molecule has 1 unspecified atom stereocenters. The van der Waals surface area contributed by atoms with Crippen LogP contribution in [-0.4, -0.2) is 12.1 Å². The maximum atomic E-state index is 11.1. The van der Waals surface area contributed by atoms with Crippen LogP contribution in [0.1, 0.15) is 56.2 Å². The molecule has 24 heavy (non-hydrogen) atoms. The molecule has 3 nitrogen and oxygen atoms in total. The van der Waals surface area contributed by atoms with Gasteiger partial charge in [0.05, 0.1) is 15.7 Å². The first-order chi connectivity index (χ1) is 11.5. The molecule has 6 heteroatoms. The average molecular weight is 386 g/mol. The molecule has 0 spiro atoms. The molecule has 2 aromatic rings. The van der Waals surface area contributed by atoms with Crippen molar-refractivity contribution in [3.05, 3.63) is 27.1 Å². The summed E-state index contributed by atoms with van der Waals surface area (Å²) in [5.41, 5.74) is 0. The molecule has 1 aliphatic rings.